The molecule has 0 bridgehead atoms. The highest BCUT2D eigenvalue weighted by Gasteiger charge is 2.13. The van der Waals surface area contributed by atoms with E-state index in [0.717, 1.165) is 0 Å². The van der Waals surface area contributed by atoms with E-state index in [2.05, 4.69) is 41.3 Å². The summed E-state index contributed by atoms with van der Waals surface area (Å²) in [5.74, 6) is 1.12. The second kappa shape index (κ2) is 6.53. The number of nitrogens with zero attached hydrogens (tertiary/aromatic N) is 5. The zero-order valence-corrected chi connectivity index (χ0v) is 13.6. The van der Waals surface area contributed by atoms with Crippen molar-refractivity contribution in [2.24, 2.45) is 0 Å². The van der Waals surface area contributed by atoms with Gasteiger partial charge in [0.15, 0.2) is 5.82 Å². The fourth-order valence-corrected chi connectivity index (χ4v) is 2.28. The lowest BCUT2D eigenvalue weighted by molar-refractivity contribution is 0.102. The highest BCUT2D eigenvalue weighted by molar-refractivity contribution is 9.10. The van der Waals surface area contributed by atoms with E-state index in [-0.39, 0.29) is 5.91 Å². The average molecular weight is 375 g/mol. The SMILES string of the molecule is COc1ccc(Br)c(C(=O)Nc2cc(-n3cncn3)ncn2)c1. The van der Waals surface area contributed by atoms with Crippen LogP contribution < -0.4 is 10.1 Å². The molecule has 0 fully saturated rings. The van der Waals surface area contributed by atoms with Gasteiger partial charge in [0.05, 0.1) is 12.7 Å². The molecule has 1 aromatic carbocycles. The molecule has 2 aromatic heterocycles. The standard InChI is InChI=1S/C14H11BrN6O2/c1-23-9-2-3-11(15)10(4-9)14(22)20-12-5-13(18-7-17-12)21-8-16-6-19-21/h2-8H,1H3,(H,17,18,20,22). The van der Waals surface area contributed by atoms with Gasteiger partial charge in [-0.1, -0.05) is 0 Å². The van der Waals surface area contributed by atoms with Crippen LogP contribution in [0.2, 0.25) is 0 Å². The summed E-state index contributed by atoms with van der Waals surface area (Å²) < 4.78 is 7.26. The Balaban J connectivity index is 1.85. The first-order valence-electron chi connectivity index (χ1n) is 6.49. The Labute approximate surface area is 139 Å². The Bertz CT molecular complexity index is 837. The fourth-order valence-electron chi connectivity index (χ4n) is 1.86. The Hall–Kier alpha value is -2.81. The van der Waals surface area contributed by atoms with Gasteiger partial charge in [-0.2, -0.15) is 5.10 Å². The van der Waals surface area contributed by atoms with Crippen molar-refractivity contribution in [2.75, 3.05) is 12.4 Å². The summed E-state index contributed by atoms with van der Waals surface area (Å²) in [6, 6.07) is 6.74. The van der Waals surface area contributed by atoms with Gasteiger partial charge in [-0.3, -0.25) is 4.79 Å². The van der Waals surface area contributed by atoms with Gasteiger partial charge in [0.1, 0.15) is 30.5 Å². The minimum absolute atomic E-state index is 0.320. The first kappa shape index (κ1) is 15.1. The number of hydrogen-bond donors (Lipinski definition) is 1. The number of benzene rings is 1. The lowest BCUT2D eigenvalue weighted by Crippen LogP contribution is -2.14. The average Bonchev–Trinajstić information content (AvgIpc) is 3.10. The van der Waals surface area contributed by atoms with E-state index in [4.69, 9.17) is 4.74 Å². The molecule has 0 spiro atoms. The minimum Gasteiger partial charge on any atom is -0.497 e. The minimum atomic E-state index is -0.320. The number of methoxy groups -OCH3 is 1. The van der Waals surface area contributed by atoms with E-state index >= 15 is 0 Å². The molecule has 0 aliphatic rings. The zero-order valence-electron chi connectivity index (χ0n) is 12.0. The Morgan fingerprint density at radius 2 is 2.13 bits per heavy atom. The van der Waals surface area contributed by atoms with Crippen molar-refractivity contribution in [3.63, 3.8) is 0 Å². The van der Waals surface area contributed by atoms with Crippen LogP contribution in [0.4, 0.5) is 5.82 Å². The maximum absolute atomic E-state index is 12.4. The summed E-state index contributed by atoms with van der Waals surface area (Å²) in [4.78, 5) is 24.4. The lowest BCUT2D eigenvalue weighted by Gasteiger charge is -2.08. The van der Waals surface area contributed by atoms with Crippen LogP contribution in [-0.2, 0) is 0 Å². The second-order valence-electron chi connectivity index (χ2n) is 4.40. The fraction of sp³-hybridized carbons (Fsp3) is 0.0714. The number of nitrogens with one attached hydrogen (secondary N) is 1. The topological polar surface area (TPSA) is 94.8 Å². The first-order chi connectivity index (χ1) is 11.2. The van der Waals surface area contributed by atoms with E-state index in [1.54, 1.807) is 31.4 Å². The molecule has 8 nitrogen and oxygen atoms in total. The first-order valence-corrected chi connectivity index (χ1v) is 7.28. The third-order valence-electron chi connectivity index (χ3n) is 2.97. The molecule has 0 aliphatic heterocycles. The number of hydrogen-bond acceptors (Lipinski definition) is 6. The number of carbonyl (C=O) groups excluding carboxylic acids is 1. The molecule has 9 heteroatoms. The van der Waals surface area contributed by atoms with E-state index in [9.17, 15) is 4.79 Å². The molecule has 3 aromatic rings. The van der Waals surface area contributed by atoms with Crippen molar-refractivity contribution in [2.45, 2.75) is 0 Å². The van der Waals surface area contributed by atoms with Crippen LogP contribution in [0.15, 0.2) is 47.7 Å². The molecule has 0 aliphatic carbocycles. The van der Waals surface area contributed by atoms with Crippen molar-refractivity contribution >= 4 is 27.7 Å². The third kappa shape index (κ3) is 3.34. The lowest BCUT2D eigenvalue weighted by atomic mass is 10.2. The molecule has 2 heterocycles. The normalized spacial score (nSPS) is 10.3. The quantitative estimate of drug-likeness (QED) is 0.750. The number of aromatic nitrogens is 5. The maximum Gasteiger partial charge on any atom is 0.258 e. The Kier molecular flexibility index (Phi) is 4.29. The predicted octanol–water partition coefficient (Wildman–Crippen LogP) is 2.08. The van der Waals surface area contributed by atoms with Gasteiger partial charge in [0.25, 0.3) is 5.91 Å². The van der Waals surface area contributed by atoms with Gasteiger partial charge in [-0.25, -0.2) is 19.6 Å². The van der Waals surface area contributed by atoms with E-state index in [1.165, 1.54) is 23.7 Å². The van der Waals surface area contributed by atoms with Crippen LogP contribution in [0.25, 0.3) is 5.82 Å². The molecule has 0 unspecified atom stereocenters. The van der Waals surface area contributed by atoms with Crippen LogP contribution >= 0.6 is 15.9 Å². The van der Waals surface area contributed by atoms with Crippen molar-refractivity contribution < 1.29 is 9.53 Å². The molecule has 0 atom stereocenters. The number of carbonyl (C=O) groups is 1. The van der Waals surface area contributed by atoms with Gasteiger partial charge in [0.2, 0.25) is 0 Å². The van der Waals surface area contributed by atoms with Crippen LogP contribution in [0.1, 0.15) is 10.4 Å². The summed E-state index contributed by atoms with van der Waals surface area (Å²) in [7, 11) is 1.54. The van der Waals surface area contributed by atoms with E-state index < -0.39 is 0 Å². The van der Waals surface area contributed by atoms with Crippen LogP contribution in [0.5, 0.6) is 5.75 Å². The summed E-state index contributed by atoms with van der Waals surface area (Å²) in [5, 5.41) is 6.70. The molecule has 23 heavy (non-hydrogen) atoms. The van der Waals surface area contributed by atoms with E-state index in [1.807, 2.05) is 0 Å². The number of amides is 1. The second-order valence-corrected chi connectivity index (χ2v) is 5.26. The molecular weight excluding hydrogens is 364 g/mol. The monoisotopic (exact) mass is 374 g/mol. The Morgan fingerprint density at radius 3 is 2.87 bits per heavy atom. The van der Waals surface area contributed by atoms with Gasteiger partial charge in [0, 0.05) is 10.5 Å². The highest BCUT2D eigenvalue weighted by atomic mass is 79.9. The molecule has 116 valence electrons. The van der Waals surface area contributed by atoms with Gasteiger partial charge >= 0.3 is 0 Å². The number of ether oxygens (including phenoxy) is 1. The van der Waals surface area contributed by atoms with Crippen LogP contribution in [-0.4, -0.2) is 37.7 Å². The highest BCUT2D eigenvalue weighted by Crippen LogP contribution is 2.23. The summed E-state index contributed by atoms with van der Waals surface area (Å²) in [6.07, 6.45) is 4.24. The molecule has 3 rings (SSSR count). The molecule has 1 N–H and O–H groups in total. The van der Waals surface area contributed by atoms with Crippen molar-refractivity contribution in [1.82, 2.24) is 24.7 Å². The van der Waals surface area contributed by atoms with Crippen molar-refractivity contribution in [3.05, 3.63) is 53.3 Å². The molecule has 0 radical (unpaired) electrons. The molecule has 0 saturated heterocycles. The van der Waals surface area contributed by atoms with Crippen LogP contribution in [0, 0.1) is 0 Å². The number of halogens is 1. The van der Waals surface area contributed by atoms with Gasteiger partial charge in [-0.15, -0.1) is 0 Å². The van der Waals surface area contributed by atoms with Crippen molar-refractivity contribution in [3.8, 4) is 11.6 Å². The summed E-state index contributed by atoms with van der Waals surface area (Å²) in [5.41, 5.74) is 0.435. The summed E-state index contributed by atoms with van der Waals surface area (Å²) in [6.45, 7) is 0. The summed E-state index contributed by atoms with van der Waals surface area (Å²) >= 11 is 3.35. The van der Waals surface area contributed by atoms with Gasteiger partial charge < -0.3 is 10.1 Å². The molecule has 0 saturated carbocycles. The number of anilines is 1. The number of rotatable bonds is 4. The third-order valence-corrected chi connectivity index (χ3v) is 3.66. The molecule has 1 amide bonds. The van der Waals surface area contributed by atoms with Crippen LogP contribution in [0.3, 0.4) is 0 Å². The molecular formula is C14H11BrN6O2. The largest absolute Gasteiger partial charge is 0.497 e. The van der Waals surface area contributed by atoms with Crippen molar-refractivity contribution in [1.29, 1.82) is 0 Å². The maximum atomic E-state index is 12.4. The smallest absolute Gasteiger partial charge is 0.258 e. The Morgan fingerprint density at radius 1 is 1.26 bits per heavy atom. The van der Waals surface area contributed by atoms with Gasteiger partial charge in [-0.05, 0) is 34.1 Å². The zero-order chi connectivity index (χ0) is 16.2. The predicted molar refractivity (Wildman–Crippen MR) is 85.6 cm³/mol. The van der Waals surface area contributed by atoms with E-state index in [0.29, 0.717) is 27.4 Å².